The van der Waals surface area contributed by atoms with Crippen LogP contribution >= 0.6 is 0 Å². The third kappa shape index (κ3) is 5.71. The second kappa shape index (κ2) is 7.30. The molecular formula is C14H22O3. The molecule has 1 N–H and O–H groups in total. The fourth-order valence-corrected chi connectivity index (χ4v) is 1.61. The monoisotopic (exact) mass is 238 g/mol. The van der Waals surface area contributed by atoms with Crippen molar-refractivity contribution >= 4 is 0 Å². The Bertz CT molecular complexity index is 306. The number of aliphatic hydroxyl groups is 1. The topological polar surface area (TPSA) is 38.7 Å². The van der Waals surface area contributed by atoms with Crippen LogP contribution in [-0.4, -0.2) is 31.0 Å². The van der Waals surface area contributed by atoms with Crippen LogP contribution in [0.25, 0.3) is 0 Å². The molecule has 0 aliphatic rings. The standard InChI is InChI=1S/C14H22O3/c1-11(15)4-5-13-6-8-14(9-7-13)17-12(2)10-16-3/h6-9,11-12,15H,4-5,10H2,1-3H3. The minimum absolute atomic E-state index is 0.0586. The van der Waals surface area contributed by atoms with E-state index in [0.29, 0.717) is 6.61 Å². The Morgan fingerprint density at radius 2 is 1.82 bits per heavy atom. The Balaban J connectivity index is 2.44. The zero-order valence-electron chi connectivity index (χ0n) is 10.8. The van der Waals surface area contributed by atoms with Gasteiger partial charge in [0.15, 0.2) is 0 Å². The molecule has 0 aliphatic heterocycles. The van der Waals surface area contributed by atoms with Crippen molar-refractivity contribution in [1.82, 2.24) is 0 Å². The summed E-state index contributed by atoms with van der Waals surface area (Å²) in [6.45, 7) is 4.37. The van der Waals surface area contributed by atoms with Gasteiger partial charge in [-0.05, 0) is 44.4 Å². The van der Waals surface area contributed by atoms with E-state index in [-0.39, 0.29) is 12.2 Å². The van der Waals surface area contributed by atoms with Crippen LogP contribution in [0.1, 0.15) is 25.8 Å². The predicted octanol–water partition coefficient (Wildman–Crippen LogP) is 2.41. The molecule has 0 saturated heterocycles. The lowest BCUT2D eigenvalue weighted by Crippen LogP contribution is -2.17. The van der Waals surface area contributed by atoms with Crippen LogP contribution in [0.3, 0.4) is 0 Å². The van der Waals surface area contributed by atoms with Gasteiger partial charge in [-0.1, -0.05) is 12.1 Å². The van der Waals surface area contributed by atoms with Crippen molar-refractivity contribution in [1.29, 1.82) is 0 Å². The van der Waals surface area contributed by atoms with Crippen LogP contribution in [0.15, 0.2) is 24.3 Å². The summed E-state index contributed by atoms with van der Waals surface area (Å²) in [7, 11) is 1.67. The third-order valence-corrected chi connectivity index (χ3v) is 2.51. The van der Waals surface area contributed by atoms with Crippen LogP contribution in [0.5, 0.6) is 5.75 Å². The SMILES string of the molecule is COCC(C)Oc1ccc(CCC(C)O)cc1. The van der Waals surface area contributed by atoms with Crippen LogP contribution < -0.4 is 4.74 Å². The van der Waals surface area contributed by atoms with Crippen molar-refractivity contribution in [3.63, 3.8) is 0 Å². The largest absolute Gasteiger partial charge is 0.488 e. The molecule has 3 nitrogen and oxygen atoms in total. The Kier molecular flexibility index (Phi) is 6.01. The molecule has 1 aromatic carbocycles. The lowest BCUT2D eigenvalue weighted by molar-refractivity contribution is 0.0921. The van der Waals surface area contributed by atoms with E-state index in [4.69, 9.17) is 9.47 Å². The summed E-state index contributed by atoms with van der Waals surface area (Å²) in [5.74, 6) is 0.857. The molecule has 0 spiro atoms. The average molecular weight is 238 g/mol. The summed E-state index contributed by atoms with van der Waals surface area (Å²) in [4.78, 5) is 0. The summed E-state index contributed by atoms with van der Waals surface area (Å²) in [6, 6.07) is 8.00. The Morgan fingerprint density at radius 3 is 2.35 bits per heavy atom. The molecule has 0 aromatic heterocycles. The first-order valence-corrected chi connectivity index (χ1v) is 6.04. The van der Waals surface area contributed by atoms with Gasteiger partial charge in [-0.15, -0.1) is 0 Å². The van der Waals surface area contributed by atoms with Gasteiger partial charge in [0, 0.05) is 7.11 Å². The van der Waals surface area contributed by atoms with Crippen molar-refractivity contribution in [3.8, 4) is 5.75 Å². The zero-order chi connectivity index (χ0) is 12.7. The molecule has 1 rings (SSSR count). The van der Waals surface area contributed by atoms with Gasteiger partial charge in [0.1, 0.15) is 11.9 Å². The molecule has 0 heterocycles. The van der Waals surface area contributed by atoms with Crippen molar-refractivity contribution in [2.45, 2.75) is 38.9 Å². The smallest absolute Gasteiger partial charge is 0.119 e. The molecular weight excluding hydrogens is 216 g/mol. The summed E-state index contributed by atoms with van der Waals surface area (Å²) in [6.07, 6.45) is 1.50. The van der Waals surface area contributed by atoms with Gasteiger partial charge in [0.05, 0.1) is 12.7 Å². The molecule has 0 fully saturated rings. The lowest BCUT2D eigenvalue weighted by atomic mass is 10.1. The average Bonchev–Trinajstić information content (AvgIpc) is 2.28. The van der Waals surface area contributed by atoms with Crippen LogP contribution in [0.2, 0.25) is 0 Å². The minimum atomic E-state index is -0.243. The fourth-order valence-electron chi connectivity index (χ4n) is 1.61. The molecule has 0 aliphatic carbocycles. The summed E-state index contributed by atoms with van der Waals surface area (Å²) >= 11 is 0. The Labute approximate surface area is 103 Å². The van der Waals surface area contributed by atoms with E-state index in [0.717, 1.165) is 18.6 Å². The molecule has 0 amide bonds. The number of hydrogen-bond acceptors (Lipinski definition) is 3. The van der Waals surface area contributed by atoms with E-state index in [2.05, 4.69) is 0 Å². The number of benzene rings is 1. The molecule has 17 heavy (non-hydrogen) atoms. The van der Waals surface area contributed by atoms with Crippen molar-refractivity contribution in [2.24, 2.45) is 0 Å². The van der Waals surface area contributed by atoms with E-state index >= 15 is 0 Å². The predicted molar refractivity (Wildman–Crippen MR) is 68.4 cm³/mol. The number of ether oxygens (including phenoxy) is 2. The van der Waals surface area contributed by atoms with Crippen LogP contribution in [0.4, 0.5) is 0 Å². The molecule has 2 unspecified atom stereocenters. The van der Waals surface area contributed by atoms with Gasteiger partial charge in [-0.3, -0.25) is 0 Å². The number of rotatable bonds is 7. The van der Waals surface area contributed by atoms with E-state index in [1.807, 2.05) is 38.1 Å². The second-order valence-electron chi connectivity index (χ2n) is 4.42. The molecule has 2 atom stereocenters. The van der Waals surface area contributed by atoms with Crippen molar-refractivity contribution < 1.29 is 14.6 Å². The highest BCUT2D eigenvalue weighted by Crippen LogP contribution is 2.15. The van der Waals surface area contributed by atoms with Gasteiger partial charge in [0.25, 0.3) is 0 Å². The normalized spacial score (nSPS) is 14.4. The highest BCUT2D eigenvalue weighted by atomic mass is 16.5. The fraction of sp³-hybridized carbons (Fsp3) is 0.571. The highest BCUT2D eigenvalue weighted by molar-refractivity contribution is 5.27. The third-order valence-electron chi connectivity index (χ3n) is 2.51. The first kappa shape index (κ1) is 14.0. The first-order valence-electron chi connectivity index (χ1n) is 6.04. The van der Waals surface area contributed by atoms with E-state index < -0.39 is 0 Å². The number of methoxy groups -OCH3 is 1. The van der Waals surface area contributed by atoms with Gasteiger partial charge in [-0.25, -0.2) is 0 Å². The second-order valence-corrected chi connectivity index (χ2v) is 4.42. The van der Waals surface area contributed by atoms with Gasteiger partial charge < -0.3 is 14.6 Å². The van der Waals surface area contributed by atoms with Gasteiger partial charge in [-0.2, -0.15) is 0 Å². The first-order chi connectivity index (χ1) is 8.11. The van der Waals surface area contributed by atoms with Crippen LogP contribution in [-0.2, 0) is 11.2 Å². The van der Waals surface area contributed by atoms with E-state index in [9.17, 15) is 5.11 Å². The maximum Gasteiger partial charge on any atom is 0.119 e. The maximum absolute atomic E-state index is 9.21. The lowest BCUT2D eigenvalue weighted by Gasteiger charge is -2.14. The summed E-state index contributed by atoms with van der Waals surface area (Å²) in [5, 5.41) is 9.21. The molecule has 0 saturated carbocycles. The zero-order valence-corrected chi connectivity index (χ0v) is 10.8. The number of hydrogen-bond donors (Lipinski definition) is 1. The van der Waals surface area contributed by atoms with Crippen LogP contribution in [0, 0.1) is 0 Å². The highest BCUT2D eigenvalue weighted by Gasteiger charge is 2.03. The molecule has 3 heteroatoms. The summed E-state index contributed by atoms with van der Waals surface area (Å²) in [5.41, 5.74) is 1.22. The molecule has 0 bridgehead atoms. The number of aryl methyl sites for hydroxylation is 1. The number of aliphatic hydroxyl groups excluding tert-OH is 1. The summed E-state index contributed by atoms with van der Waals surface area (Å²) < 4.78 is 10.7. The minimum Gasteiger partial charge on any atom is -0.488 e. The maximum atomic E-state index is 9.21. The Hall–Kier alpha value is -1.06. The molecule has 0 radical (unpaired) electrons. The molecule has 96 valence electrons. The quantitative estimate of drug-likeness (QED) is 0.793. The molecule has 1 aromatic rings. The van der Waals surface area contributed by atoms with Gasteiger partial charge >= 0.3 is 0 Å². The van der Waals surface area contributed by atoms with Gasteiger partial charge in [0.2, 0.25) is 0 Å². The van der Waals surface area contributed by atoms with E-state index in [1.54, 1.807) is 7.11 Å². The van der Waals surface area contributed by atoms with E-state index in [1.165, 1.54) is 5.56 Å². The van der Waals surface area contributed by atoms with Crippen molar-refractivity contribution in [3.05, 3.63) is 29.8 Å². The Morgan fingerprint density at radius 1 is 1.18 bits per heavy atom. The van der Waals surface area contributed by atoms with Crippen molar-refractivity contribution in [2.75, 3.05) is 13.7 Å².